The van der Waals surface area contributed by atoms with Gasteiger partial charge in [-0.2, -0.15) is 0 Å². The minimum absolute atomic E-state index is 0.0427. The quantitative estimate of drug-likeness (QED) is 0.142. The van der Waals surface area contributed by atoms with E-state index in [4.69, 9.17) is 9.47 Å². The Labute approximate surface area is 231 Å². The number of hydrogen-bond acceptors (Lipinski definition) is 9. The Bertz CT molecular complexity index is 1490. The molecule has 2 N–H and O–H groups in total. The lowest BCUT2D eigenvalue weighted by Gasteiger charge is -2.25. The van der Waals surface area contributed by atoms with Gasteiger partial charge in [0, 0.05) is 39.6 Å². The van der Waals surface area contributed by atoms with Gasteiger partial charge in [-0.15, -0.1) is 12.6 Å². The number of aromatic hydroxyl groups is 2. The van der Waals surface area contributed by atoms with Crippen LogP contribution < -0.4 is 0 Å². The Morgan fingerprint density at radius 1 is 0.795 bits per heavy atom. The summed E-state index contributed by atoms with van der Waals surface area (Å²) in [5.41, 5.74) is 1.000. The number of ketones is 2. The van der Waals surface area contributed by atoms with Crippen LogP contribution in [0.4, 0.5) is 0 Å². The third-order valence-electron chi connectivity index (χ3n) is 6.83. The molecule has 0 spiro atoms. The second kappa shape index (κ2) is 11.9. The number of esters is 2. The second-order valence-electron chi connectivity index (χ2n) is 9.25. The van der Waals surface area contributed by atoms with E-state index in [9.17, 15) is 29.4 Å². The van der Waals surface area contributed by atoms with Gasteiger partial charge < -0.3 is 19.7 Å². The lowest BCUT2D eigenvalue weighted by Crippen LogP contribution is -2.23. The summed E-state index contributed by atoms with van der Waals surface area (Å²) in [6.45, 7) is 4.01. The fraction of sp³-hybridized carbons (Fsp3) is 0.333. The normalized spacial score (nSPS) is 12.3. The summed E-state index contributed by atoms with van der Waals surface area (Å²) >= 11 is 4.68. The molecule has 0 fully saturated rings. The molecule has 0 aromatic heterocycles. The molecule has 0 aliphatic heterocycles. The van der Waals surface area contributed by atoms with Crippen molar-refractivity contribution >= 4 is 46.9 Å². The molecule has 8 nitrogen and oxygen atoms in total. The Hall–Kier alpha value is -3.85. The lowest BCUT2D eigenvalue weighted by molar-refractivity contribution is -0.144. The average Bonchev–Trinajstić information content (AvgIpc) is 2.91. The van der Waals surface area contributed by atoms with Crippen LogP contribution in [0.1, 0.15) is 82.5 Å². The number of hydrogen-bond donors (Lipinski definition) is 3. The number of aryl methyl sites for hydroxylation is 1. The fourth-order valence-corrected chi connectivity index (χ4v) is 5.56. The van der Waals surface area contributed by atoms with Crippen LogP contribution in [0.25, 0.3) is 10.8 Å². The van der Waals surface area contributed by atoms with Crippen molar-refractivity contribution in [1.29, 1.82) is 0 Å². The fourth-order valence-electron chi connectivity index (χ4n) is 5.08. The molecule has 0 amide bonds. The molecule has 1 aliphatic carbocycles. The molecule has 9 heteroatoms. The average molecular weight is 551 g/mol. The molecule has 0 saturated heterocycles. The van der Waals surface area contributed by atoms with E-state index in [0.717, 1.165) is 0 Å². The molecule has 1 aliphatic rings. The minimum Gasteiger partial charge on any atom is -0.506 e. The van der Waals surface area contributed by atoms with Crippen molar-refractivity contribution in [2.45, 2.75) is 57.3 Å². The number of carbonyl (C=O) groups excluding carboxylic acids is 4. The first-order chi connectivity index (χ1) is 18.7. The van der Waals surface area contributed by atoms with Crippen molar-refractivity contribution in [1.82, 2.24) is 0 Å². The molecule has 0 unspecified atom stereocenters. The predicted octanol–water partition coefficient (Wildman–Crippen LogP) is 5.09. The number of thiol groups is 1. The maximum absolute atomic E-state index is 13.8. The highest BCUT2D eigenvalue weighted by molar-refractivity contribution is 7.80. The number of benzene rings is 3. The molecule has 204 valence electrons. The van der Waals surface area contributed by atoms with E-state index in [-0.39, 0.29) is 87.4 Å². The van der Waals surface area contributed by atoms with Crippen LogP contribution in [0.3, 0.4) is 0 Å². The number of carbonyl (C=O) groups is 4. The Morgan fingerprint density at radius 2 is 1.31 bits per heavy atom. The molecular formula is C30H30O8S. The van der Waals surface area contributed by atoms with Crippen molar-refractivity contribution < 1.29 is 38.9 Å². The van der Waals surface area contributed by atoms with Crippen LogP contribution in [0, 0.1) is 0 Å². The summed E-state index contributed by atoms with van der Waals surface area (Å²) in [4.78, 5) is 51.6. The summed E-state index contributed by atoms with van der Waals surface area (Å²) in [6.07, 6.45) is 1.97. The van der Waals surface area contributed by atoms with E-state index in [1.807, 2.05) is 0 Å². The first-order valence-corrected chi connectivity index (χ1v) is 13.4. The van der Waals surface area contributed by atoms with E-state index in [2.05, 4.69) is 12.6 Å². The van der Waals surface area contributed by atoms with Crippen molar-refractivity contribution in [2.24, 2.45) is 0 Å². The number of fused-ring (bicyclic) bond motifs is 3. The van der Waals surface area contributed by atoms with Crippen LogP contribution in [0.5, 0.6) is 11.5 Å². The highest BCUT2D eigenvalue weighted by atomic mass is 32.1. The Balaban J connectivity index is 1.80. The molecule has 0 atom stereocenters. The SMILES string of the molecule is CCOC(=O)CCCc1cc2c(c(S)c1CCCC(=O)OCC)C(=O)c1c(c(O)c3ccccc3c1O)C2=O. The topological polar surface area (TPSA) is 127 Å². The molecule has 0 heterocycles. The molecule has 3 aromatic carbocycles. The van der Waals surface area contributed by atoms with Gasteiger partial charge in [0.15, 0.2) is 11.6 Å². The van der Waals surface area contributed by atoms with E-state index in [1.165, 1.54) is 0 Å². The second-order valence-corrected chi connectivity index (χ2v) is 9.70. The largest absolute Gasteiger partial charge is 0.506 e. The monoisotopic (exact) mass is 550 g/mol. The van der Waals surface area contributed by atoms with Gasteiger partial charge in [-0.05, 0) is 56.7 Å². The summed E-state index contributed by atoms with van der Waals surface area (Å²) < 4.78 is 10.0. The number of rotatable bonds is 10. The van der Waals surface area contributed by atoms with Gasteiger partial charge in [0.1, 0.15) is 11.5 Å². The molecule has 3 aromatic rings. The predicted molar refractivity (Wildman–Crippen MR) is 147 cm³/mol. The molecule has 0 bridgehead atoms. The molecular weight excluding hydrogens is 520 g/mol. The van der Waals surface area contributed by atoms with Crippen LogP contribution in [0.2, 0.25) is 0 Å². The van der Waals surface area contributed by atoms with Gasteiger partial charge in [-0.25, -0.2) is 0 Å². The van der Waals surface area contributed by atoms with Gasteiger partial charge in [0.05, 0.1) is 24.3 Å². The maximum Gasteiger partial charge on any atom is 0.305 e. The zero-order valence-electron chi connectivity index (χ0n) is 21.8. The first-order valence-electron chi connectivity index (χ1n) is 13.0. The Morgan fingerprint density at radius 3 is 1.85 bits per heavy atom. The standard InChI is InChI=1S/C30H30O8S/c1-3-37-21(31)13-7-9-16-15-20-23(30(39)17(16)12-8-14-22(32)38-4-2)29(36)25-24(28(20)35)26(33)18-10-5-6-11-19(18)27(25)34/h5-6,10-11,15,33-34,39H,3-4,7-9,12-14H2,1-2H3. The first kappa shape index (κ1) is 28.2. The van der Waals surface area contributed by atoms with E-state index in [0.29, 0.717) is 36.8 Å². The number of phenols is 2. The van der Waals surface area contributed by atoms with Gasteiger partial charge >= 0.3 is 11.9 Å². The third-order valence-corrected chi connectivity index (χ3v) is 7.32. The van der Waals surface area contributed by atoms with Gasteiger partial charge in [-0.1, -0.05) is 24.3 Å². The molecule has 0 saturated carbocycles. The van der Waals surface area contributed by atoms with E-state index < -0.39 is 11.6 Å². The zero-order chi connectivity index (χ0) is 28.3. The minimum atomic E-state index is -0.618. The highest BCUT2D eigenvalue weighted by Gasteiger charge is 2.38. The van der Waals surface area contributed by atoms with E-state index >= 15 is 0 Å². The summed E-state index contributed by atoms with van der Waals surface area (Å²) in [5.74, 6) is -2.64. The van der Waals surface area contributed by atoms with Gasteiger partial charge in [-0.3, -0.25) is 19.2 Å². The van der Waals surface area contributed by atoms with Crippen molar-refractivity contribution in [3.8, 4) is 11.5 Å². The Kier molecular flexibility index (Phi) is 8.60. The third kappa shape index (κ3) is 5.36. The van der Waals surface area contributed by atoms with Crippen LogP contribution in [-0.4, -0.2) is 46.9 Å². The van der Waals surface area contributed by atoms with Crippen LogP contribution in [0.15, 0.2) is 35.2 Å². The molecule has 0 radical (unpaired) electrons. The lowest BCUT2D eigenvalue weighted by atomic mass is 9.79. The summed E-state index contributed by atoms with van der Waals surface area (Å²) in [5, 5.41) is 22.5. The van der Waals surface area contributed by atoms with Crippen molar-refractivity contribution in [2.75, 3.05) is 13.2 Å². The van der Waals surface area contributed by atoms with E-state index in [1.54, 1.807) is 44.2 Å². The zero-order valence-corrected chi connectivity index (χ0v) is 22.7. The van der Waals surface area contributed by atoms with Crippen LogP contribution >= 0.6 is 12.6 Å². The van der Waals surface area contributed by atoms with Gasteiger partial charge in [0.25, 0.3) is 0 Å². The summed E-state index contributed by atoms with van der Waals surface area (Å²) in [7, 11) is 0. The maximum atomic E-state index is 13.8. The highest BCUT2D eigenvalue weighted by Crippen LogP contribution is 2.46. The molecule has 4 rings (SSSR count). The summed E-state index contributed by atoms with van der Waals surface area (Å²) in [6, 6.07) is 8.05. The van der Waals surface area contributed by atoms with Crippen molar-refractivity contribution in [3.05, 3.63) is 63.7 Å². The molecule has 39 heavy (non-hydrogen) atoms. The van der Waals surface area contributed by atoms with Gasteiger partial charge in [0.2, 0.25) is 0 Å². The smallest absolute Gasteiger partial charge is 0.305 e. The van der Waals surface area contributed by atoms with Crippen molar-refractivity contribution in [3.63, 3.8) is 0 Å². The van der Waals surface area contributed by atoms with Crippen LogP contribution in [-0.2, 0) is 31.9 Å². The number of ether oxygens (including phenoxy) is 2. The number of phenolic OH excluding ortho intramolecular Hbond substituents is 2.